The molecule has 0 radical (unpaired) electrons. The van der Waals surface area contributed by atoms with Crippen molar-refractivity contribution in [2.45, 2.75) is 32.9 Å². The van der Waals surface area contributed by atoms with Crippen LogP contribution in [0, 0.1) is 20.8 Å². The van der Waals surface area contributed by atoms with Crippen LogP contribution in [0.4, 0.5) is 11.4 Å². The predicted octanol–water partition coefficient (Wildman–Crippen LogP) is 4.95. The van der Waals surface area contributed by atoms with Crippen molar-refractivity contribution in [1.29, 1.82) is 0 Å². The highest BCUT2D eigenvalue weighted by atomic mass is 32.1. The van der Waals surface area contributed by atoms with Crippen molar-refractivity contribution in [2.24, 2.45) is 0 Å². The molecule has 1 fully saturated rings. The van der Waals surface area contributed by atoms with Crippen LogP contribution in [0.3, 0.4) is 0 Å². The van der Waals surface area contributed by atoms with Gasteiger partial charge in [-0.3, -0.25) is 9.78 Å². The van der Waals surface area contributed by atoms with E-state index in [1.807, 2.05) is 54.7 Å². The van der Waals surface area contributed by atoms with E-state index in [2.05, 4.69) is 63.0 Å². The van der Waals surface area contributed by atoms with Gasteiger partial charge in [0.2, 0.25) is 5.91 Å². The number of carbonyl (C=O) groups excluding carboxylic acids is 1. The van der Waals surface area contributed by atoms with Crippen molar-refractivity contribution in [2.75, 3.05) is 23.9 Å². The number of aromatic nitrogens is 3. The largest absolute Gasteiger partial charge is 0.375 e. The van der Waals surface area contributed by atoms with Crippen molar-refractivity contribution < 1.29 is 9.53 Å². The summed E-state index contributed by atoms with van der Waals surface area (Å²) < 4.78 is 7.12. The molecule has 1 aliphatic heterocycles. The number of hydrogen-bond acceptors (Lipinski definition) is 5. The van der Waals surface area contributed by atoms with Crippen LogP contribution >= 0.6 is 12.2 Å². The zero-order valence-electron chi connectivity index (χ0n) is 21.8. The first-order chi connectivity index (χ1) is 18.4. The van der Waals surface area contributed by atoms with Gasteiger partial charge in [0.05, 0.1) is 17.8 Å². The molecule has 0 saturated carbocycles. The van der Waals surface area contributed by atoms with E-state index in [1.54, 1.807) is 6.20 Å². The van der Waals surface area contributed by atoms with Crippen LogP contribution in [0.15, 0.2) is 73.1 Å². The second-order valence-electron chi connectivity index (χ2n) is 9.33. The summed E-state index contributed by atoms with van der Waals surface area (Å²) in [7, 11) is 1.49. The van der Waals surface area contributed by atoms with Crippen molar-refractivity contribution in [3.8, 4) is 5.82 Å². The van der Waals surface area contributed by atoms with Gasteiger partial charge in [-0.25, -0.2) is 4.98 Å². The average Bonchev–Trinajstić information content (AvgIpc) is 3.40. The maximum atomic E-state index is 12.0. The summed E-state index contributed by atoms with van der Waals surface area (Å²) >= 11 is 5.89. The van der Waals surface area contributed by atoms with Crippen molar-refractivity contribution in [1.82, 2.24) is 19.9 Å². The number of methoxy groups -OCH3 is 1. The molecule has 0 spiro atoms. The van der Waals surface area contributed by atoms with Gasteiger partial charge in [0.25, 0.3) is 0 Å². The van der Waals surface area contributed by atoms with Crippen LogP contribution in [0.1, 0.15) is 40.3 Å². The number of carbonyl (C=O) groups is 1. The van der Waals surface area contributed by atoms with Gasteiger partial charge in [-0.2, -0.15) is 0 Å². The Morgan fingerprint density at radius 3 is 2.50 bits per heavy atom. The maximum Gasteiger partial charge on any atom is 0.250 e. The Hall–Kier alpha value is -4.08. The Morgan fingerprint density at radius 1 is 1.05 bits per heavy atom. The molecule has 0 aliphatic carbocycles. The van der Waals surface area contributed by atoms with Crippen LogP contribution in [-0.4, -0.2) is 39.3 Å². The van der Waals surface area contributed by atoms with E-state index in [0.717, 1.165) is 39.7 Å². The van der Waals surface area contributed by atoms with Crippen LogP contribution in [0.2, 0.25) is 0 Å². The molecule has 1 aromatic carbocycles. The summed E-state index contributed by atoms with van der Waals surface area (Å²) in [4.78, 5) is 23.4. The van der Waals surface area contributed by atoms with Gasteiger partial charge in [0, 0.05) is 42.3 Å². The maximum absolute atomic E-state index is 12.0. The number of benzene rings is 1. The van der Waals surface area contributed by atoms with E-state index >= 15 is 0 Å². The second kappa shape index (κ2) is 10.7. The van der Waals surface area contributed by atoms with Crippen LogP contribution < -0.4 is 15.5 Å². The number of nitrogens with zero attached hydrogens (tertiary/aromatic N) is 4. The molecule has 0 bridgehead atoms. The summed E-state index contributed by atoms with van der Waals surface area (Å²) in [6.07, 6.45) is 3.63. The molecule has 3 aromatic heterocycles. The molecule has 2 atom stereocenters. The summed E-state index contributed by atoms with van der Waals surface area (Å²) in [6.45, 7) is 6.30. The molecule has 1 aliphatic rings. The van der Waals surface area contributed by atoms with E-state index in [-0.39, 0.29) is 24.6 Å². The molecule has 5 rings (SSSR count). The van der Waals surface area contributed by atoms with E-state index < -0.39 is 0 Å². The molecule has 1 amide bonds. The topological polar surface area (TPSA) is 84.3 Å². The van der Waals surface area contributed by atoms with Crippen LogP contribution in [-0.2, 0) is 9.53 Å². The number of thiocarbonyl (C=S) groups is 1. The zero-order chi connectivity index (χ0) is 26.8. The minimum Gasteiger partial charge on any atom is -0.375 e. The smallest absolute Gasteiger partial charge is 0.250 e. The number of nitrogens with one attached hydrogen (secondary N) is 2. The Kier molecular flexibility index (Phi) is 7.22. The number of ether oxygens (including phenoxy) is 1. The van der Waals surface area contributed by atoms with Crippen molar-refractivity contribution in [3.63, 3.8) is 0 Å². The quantitative estimate of drug-likeness (QED) is 0.330. The highest BCUT2D eigenvalue weighted by Crippen LogP contribution is 2.44. The SMILES string of the molecule is COCC(=O)Nc1ccc(N2C(=S)N[C@@H](c3ccccn3)[C@H]2c2cc(C)n(-c3ncccc3C)c2C)cc1. The Morgan fingerprint density at radius 2 is 1.82 bits per heavy atom. The van der Waals surface area contributed by atoms with Gasteiger partial charge in [-0.05, 0) is 92.6 Å². The van der Waals surface area contributed by atoms with Crippen LogP contribution in [0.5, 0.6) is 0 Å². The minimum atomic E-state index is -0.205. The number of hydrogen-bond donors (Lipinski definition) is 2. The molecule has 0 unspecified atom stereocenters. The molecule has 4 aromatic rings. The van der Waals surface area contributed by atoms with Gasteiger partial charge in [-0.15, -0.1) is 0 Å². The van der Waals surface area contributed by atoms with Gasteiger partial charge >= 0.3 is 0 Å². The monoisotopic (exact) mass is 526 g/mol. The highest BCUT2D eigenvalue weighted by Gasteiger charge is 2.42. The average molecular weight is 527 g/mol. The number of aryl methyl sites for hydroxylation is 2. The van der Waals surface area contributed by atoms with E-state index in [1.165, 1.54) is 7.11 Å². The van der Waals surface area contributed by atoms with Crippen LogP contribution in [0.25, 0.3) is 5.82 Å². The first kappa shape index (κ1) is 25.6. The molecule has 38 heavy (non-hydrogen) atoms. The van der Waals surface area contributed by atoms with E-state index in [4.69, 9.17) is 17.0 Å². The molecular weight excluding hydrogens is 496 g/mol. The normalized spacial score (nSPS) is 16.9. The Balaban J connectivity index is 1.59. The molecule has 9 heteroatoms. The van der Waals surface area contributed by atoms with Gasteiger partial charge in [0.15, 0.2) is 5.11 Å². The van der Waals surface area contributed by atoms with Crippen molar-refractivity contribution in [3.05, 3.63) is 101 Å². The molecule has 1 saturated heterocycles. The van der Waals surface area contributed by atoms with Gasteiger partial charge < -0.3 is 24.8 Å². The van der Waals surface area contributed by atoms with Crippen molar-refractivity contribution >= 4 is 34.6 Å². The fourth-order valence-electron chi connectivity index (χ4n) is 5.11. The Bertz CT molecular complexity index is 1470. The molecular formula is C29H30N6O2S. The van der Waals surface area contributed by atoms with E-state index in [0.29, 0.717) is 10.8 Å². The summed E-state index contributed by atoms with van der Waals surface area (Å²) in [5.74, 6) is 0.711. The summed E-state index contributed by atoms with van der Waals surface area (Å²) in [5.41, 5.74) is 6.93. The molecule has 2 N–H and O–H groups in total. The number of anilines is 2. The lowest BCUT2D eigenvalue weighted by Gasteiger charge is -2.28. The highest BCUT2D eigenvalue weighted by molar-refractivity contribution is 7.80. The second-order valence-corrected chi connectivity index (χ2v) is 9.72. The van der Waals surface area contributed by atoms with E-state index in [9.17, 15) is 4.79 Å². The lowest BCUT2D eigenvalue weighted by molar-refractivity contribution is -0.119. The lowest BCUT2D eigenvalue weighted by Crippen LogP contribution is -2.29. The minimum absolute atomic E-state index is 0.00107. The fraction of sp³-hybridized carbons (Fsp3) is 0.241. The molecule has 4 heterocycles. The van der Waals surface area contributed by atoms with Gasteiger partial charge in [0.1, 0.15) is 12.4 Å². The predicted molar refractivity (Wildman–Crippen MR) is 153 cm³/mol. The van der Waals surface area contributed by atoms with Gasteiger partial charge in [-0.1, -0.05) is 12.1 Å². The first-order valence-corrected chi connectivity index (χ1v) is 12.8. The molecule has 8 nitrogen and oxygen atoms in total. The summed E-state index contributed by atoms with van der Waals surface area (Å²) in [6, 6.07) is 19.5. The fourth-order valence-corrected chi connectivity index (χ4v) is 5.45. The number of rotatable bonds is 7. The zero-order valence-corrected chi connectivity index (χ0v) is 22.6. The first-order valence-electron chi connectivity index (χ1n) is 12.4. The third-order valence-electron chi connectivity index (χ3n) is 6.79. The third-order valence-corrected chi connectivity index (χ3v) is 7.10. The third kappa shape index (κ3) is 4.78. The number of amides is 1. The molecule has 194 valence electrons. The number of pyridine rings is 2. The summed E-state index contributed by atoms with van der Waals surface area (Å²) in [5, 5.41) is 6.97. The Labute approximate surface area is 227 Å². The lowest BCUT2D eigenvalue weighted by atomic mass is 9.96. The standard InChI is InChI=1S/C29H30N6O2S/c1-18-8-7-15-31-28(18)34-19(2)16-23(20(34)3)27-26(24-9-5-6-14-30-24)33-29(38)35(27)22-12-10-21(11-13-22)32-25(36)17-37-4/h5-16,26-27H,17H2,1-4H3,(H,32,36)(H,33,38)/t26-,27+/m0/s1.